The summed E-state index contributed by atoms with van der Waals surface area (Å²) in [5.41, 5.74) is 7.04. The van der Waals surface area contributed by atoms with Crippen LogP contribution in [0.4, 0.5) is 10.1 Å². The number of hydrogen-bond acceptors (Lipinski definition) is 4. The zero-order valence-electron chi connectivity index (χ0n) is 12.8. The van der Waals surface area contributed by atoms with Gasteiger partial charge in [0.2, 0.25) is 0 Å². The number of nitrogens with zero attached hydrogens (tertiary/aromatic N) is 3. The predicted octanol–water partition coefficient (Wildman–Crippen LogP) is 1.67. The van der Waals surface area contributed by atoms with E-state index in [-0.39, 0.29) is 5.82 Å². The average Bonchev–Trinajstić information content (AvgIpc) is 2.84. The zero-order valence-corrected chi connectivity index (χ0v) is 12.8. The maximum absolute atomic E-state index is 13.0. The molecule has 4 nitrogen and oxygen atoms in total. The van der Waals surface area contributed by atoms with Crippen molar-refractivity contribution < 1.29 is 4.39 Å². The molecular formula is C16H23FN4. The van der Waals surface area contributed by atoms with Gasteiger partial charge in [-0.15, -0.1) is 0 Å². The van der Waals surface area contributed by atoms with Crippen LogP contribution in [0.15, 0.2) is 35.5 Å². The molecule has 1 aromatic rings. The Balaban J connectivity index is 1.67. The lowest BCUT2D eigenvalue weighted by Gasteiger charge is -2.32. The van der Waals surface area contributed by atoms with Crippen molar-refractivity contribution in [1.82, 2.24) is 15.2 Å². The first-order valence-electron chi connectivity index (χ1n) is 7.52. The van der Waals surface area contributed by atoms with E-state index in [1.165, 1.54) is 23.4 Å². The number of rotatable bonds is 3. The van der Waals surface area contributed by atoms with Crippen molar-refractivity contribution in [2.45, 2.75) is 6.92 Å². The van der Waals surface area contributed by atoms with Crippen LogP contribution in [0.1, 0.15) is 6.92 Å². The van der Waals surface area contributed by atoms with Gasteiger partial charge >= 0.3 is 0 Å². The Kier molecular flexibility index (Phi) is 4.24. The summed E-state index contributed by atoms with van der Waals surface area (Å²) in [7, 11) is 2.18. The van der Waals surface area contributed by atoms with E-state index in [0.29, 0.717) is 0 Å². The monoisotopic (exact) mass is 290 g/mol. The molecule has 0 aromatic heterocycles. The molecule has 2 heterocycles. The Morgan fingerprint density at radius 2 is 1.76 bits per heavy atom. The standard InChI is InChI=1S/C16H23FN4/c1-13-14(12-20-9-7-19(2)8-10-20)11-18-21(13)16-5-3-15(17)4-6-16/h3-6,18H,7-12H2,1-2H3. The number of likely N-dealkylation sites (N-methyl/N-ethyl adjacent to an activating group) is 1. The Morgan fingerprint density at radius 1 is 1.10 bits per heavy atom. The summed E-state index contributed by atoms with van der Waals surface area (Å²) in [6.07, 6.45) is 0. The Hall–Kier alpha value is -1.43. The molecular weight excluding hydrogens is 267 g/mol. The molecule has 1 aromatic carbocycles. The first-order valence-corrected chi connectivity index (χ1v) is 7.52. The molecule has 1 saturated heterocycles. The smallest absolute Gasteiger partial charge is 0.123 e. The lowest BCUT2D eigenvalue weighted by molar-refractivity contribution is 0.163. The van der Waals surface area contributed by atoms with E-state index in [1.54, 1.807) is 0 Å². The Bertz CT molecular complexity index is 518. The maximum Gasteiger partial charge on any atom is 0.123 e. The number of anilines is 1. The zero-order chi connectivity index (χ0) is 14.8. The minimum atomic E-state index is -0.197. The van der Waals surface area contributed by atoms with E-state index in [2.05, 4.69) is 34.2 Å². The summed E-state index contributed by atoms with van der Waals surface area (Å²) in [5, 5.41) is 2.06. The van der Waals surface area contributed by atoms with Crippen molar-refractivity contribution in [3.63, 3.8) is 0 Å². The average molecular weight is 290 g/mol. The molecule has 2 aliphatic heterocycles. The molecule has 1 N–H and O–H groups in total. The highest BCUT2D eigenvalue weighted by molar-refractivity contribution is 5.53. The second kappa shape index (κ2) is 6.13. The molecule has 0 radical (unpaired) electrons. The third-order valence-corrected chi connectivity index (χ3v) is 4.39. The van der Waals surface area contributed by atoms with Gasteiger partial charge in [-0.25, -0.2) is 9.82 Å². The van der Waals surface area contributed by atoms with Crippen LogP contribution in [-0.2, 0) is 0 Å². The number of nitrogens with one attached hydrogen (secondary N) is 1. The fourth-order valence-electron chi connectivity index (χ4n) is 2.90. The highest BCUT2D eigenvalue weighted by Gasteiger charge is 2.23. The minimum absolute atomic E-state index is 0.197. The van der Waals surface area contributed by atoms with Crippen molar-refractivity contribution in [2.24, 2.45) is 0 Å². The van der Waals surface area contributed by atoms with Gasteiger partial charge in [0.1, 0.15) is 5.82 Å². The van der Waals surface area contributed by atoms with Gasteiger partial charge in [-0.3, -0.25) is 9.91 Å². The Morgan fingerprint density at radius 3 is 2.43 bits per heavy atom. The molecule has 0 unspecified atom stereocenters. The lowest BCUT2D eigenvalue weighted by atomic mass is 10.2. The van der Waals surface area contributed by atoms with E-state index in [9.17, 15) is 4.39 Å². The number of allylic oxidation sites excluding steroid dienone is 1. The molecule has 21 heavy (non-hydrogen) atoms. The fourth-order valence-corrected chi connectivity index (χ4v) is 2.90. The molecule has 3 rings (SSSR count). The molecule has 0 amide bonds. The van der Waals surface area contributed by atoms with Crippen molar-refractivity contribution >= 4 is 5.69 Å². The number of halogens is 1. The van der Waals surface area contributed by atoms with Crippen LogP contribution in [0.2, 0.25) is 0 Å². The first kappa shape index (κ1) is 14.5. The second-order valence-electron chi connectivity index (χ2n) is 5.92. The molecule has 1 fully saturated rings. The molecule has 0 spiro atoms. The van der Waals surface area contributed by atoms with Gasteiger partial charge in [0, 0.05) is 45.0 Å². The van der Waals surface area contributed by atoms with Crippen LogP contribution in [0.5, 0.6) is 0 Å². The minimum Gasteiger partial charge on any atom is -0.304 e. The van der Waals surface area contributed by atoms with Crippen LogP contribution < -0.4 is 10.4 Å². The van der Waals surface area contributed by atoms with Crippen LogP contribution in [0.3, 0.4) is 0 Å². The summed E-state index contributed by atoms with van der Waals surface area (Å²) < 4.78 is 13.0. The van der Waals surface area contributed by atoms with Crippen molar-refractivity contribution in [3.8, 4) is 0 Å². The van der Waals surface area contributed by atoms with Crippen LogP contribution in [0, 0.1) is 5.82 Å². The van der Waals surface area contributed by atoms with Gasteiger partial charge in [0.25, 0.3) is 0 Å². The fraction of sp³-hybridized carbons (Fsp3) is 0.500. The largest absolute Gasteiger partial charge is 0.304 e. The summed E-state index contributed by atoms with van der Waals surface area (Å²) in [4.78, 5) is 4.88. The quantitative estimate of drug-likeness (QED) is 0.914. The summed E-state index contributed by atoms with van der Waals surface area (Å²) in [6, 6.07) is 6.63. The van der Waals surface area contributed by atoms with E-state index < -0.39 is 0 Å². The van der Waals surface area contributed by atoms with Crippen molar-refractivity contribution in [3.05, 3.63) is 41.4 Å². The highest BCUT2D eigenvalue weighted by atomic mass is 19.1. The van der Waals surface area contributed by atoms with E-state index >= 15 is 0 Å². The Labute approximate surface area is 125 Å². The van der Waals surface area contributed by atoms with Gasteiger partial charge in [-0.2, -0.15) is 0 Å². The maximum atomic E-state index is 13.0. The highest BCUT2D eigenvalue weighted by Crippen LogP contribution is 2.24. The third kappa shape index (κ3) is 3.26. The van der Waals surface area contributed by atoms with Gasteiger partial charge in [0.15, 0.2) is 0 Å². The van der Waals surface area contributed by atoms with E-state index in [4.69, 9.17) is 0 Å². The number of hydrogen-bond donors (Lipinski definition) is 1. The molecule has 0 aliphatic carbocycles. The number of piperazine rings is 1. The normalized spacial score (nSPS) is 21.4. The van der Waals surface area contributed by atoms with Gasteiger partial charge in [-0.1, -0.05) is 0 Å². The van der Waals surface area contributed by atoms with Crippen LogP contribution >= 0.6 is 0 Å². The topological polar surface area (TPSA) is 21.8 Å². The number of benzene rings is 1. The second-order valence-corrected chi connectivity index (χ2v) is 5.92. The van der Waals surface area contributed by atoms with Crippen LogP contribution in [0.25, 0.3) is 0 Å². The summed E-state index contributed by atoms with van der Waals surface area (Å²) >= 11 is 0. The molecule has 5 heteroatoms. The SMILES string of the molecule is CC1=C(CN2CCN(C)CC2)CNN1c1ccc(F)cc1. The van der Waals surface area contributed by atoms with E-state index in [0.717, 1.165) is 45.0 Å². The van der Waals surface area contributed by atoms with Gasteiger partial charge < -0.3 is 4.90 Å². The third-order valence-electron chi connectivity index (χ3n) is 4.39. The van der Waals surface area contributed by atoms with Gasteiger partial charge in [-0.05, 0) is 43.8 Å². The molecule has 0 saturated carbocycles. The van der Waals surface area contributed by atoms with Gasteiger partial charge in [0.05, 0.1) is 5.69 Å². The van der Waals surface area contributed by atoms with E-state index in [1.807, 2.05) is 12.1 Å². The van der Waals surface area contributed by atoms with Crippen LogP contribution in [-0.4, -0.2) is 56.1 Å². The molecule has 2 aliphatic rings. The summed E-state index contributed by atoms with van der Waals surface area (Å²) in [6.45, 7) is 8.56. The lowest BCUT2D eigenvalue weighted by Crippen LogP contribution is -2.45. The van der Waals surface area contributed by atoms with Crippen molar-refractivity contribution in [1.29, 1.82) is 0 Å². The summed E-state index contributed by atoms with van der Waals surface area (Å²) in [5.74, 6) is -0.197. The molecule has 114 valence electrons. The number of hydrazine groups is 1. The predicted molar refractivity (Wildman–Crippen MR) is 83.5 cm³/mol. The van der Waals surface area contributed by atoms with Crippen molar-refractivity contribution in [2.75, 3.05) is 51.3 Å². The molecule has 0 atom stereocenters. The first-order chi connectivity index (χ1) is 10.1. The molecule has 0 bridgehead atoms.